The molecule has 100 valence electrons. The van der Waals surface area contributed by atoms with Crippen molar-refractivity contribution in [1.82, 2.24) is 4.90 Å². The van der Waals surface area contributed by atoms with Crippen molar-refractivity contribution < 1.29 is 19.2 Å². The fourth-order valence-electron chi connectivity index (χ4n) is 2.45. The molecule has 7 heteroatoms. The highest BCUT2D eigenvalue weighted by molar-refractivity contribution is 5.96. The summed E-state index contributed by atoms with van der Waals surface area (Å²) in [5.74, 6) is -0.143. The molecule has 2 fully saturated rings. The third-order valence-electron chi connectivity index (χ3n) is 3.48. The predicted octanol–water partition coefficient (Wildman–Crippen LogP) is 0.790. The van der Waals surface area contributed by atoms with E-state index >= 15 is 0 Å². The number of hydrogen-bond donors (Lipinski definition) is 0. The molecule has 0 radical (unpaired) electrons. The maximum Gasteiger partial charge on any atom is 0.269 e. The van der Waals surface area contributed by atoms with Crippen molar-refractivity contribution in [3.8, 4) is 0 Å². The van der Waals surface area contributed by atoms with Gasteiger partial charge in [-0.1, -0.05) is 0 Å². The van der Waals surface area contributed by atoms with E-state index in [9.17, 15) is 14.9 Å². The topological polar surface area (TPSA) is 81.7 Å². The smallest absolute Gasteiger partial charge is 0.269 e. The number of carbonyl (C=O) groups is 1. The molecule has 7 nitrogen and oxygen atoms in total. The van der Waals surface area contributed by atoms with Crippen LogP contribution in [-0.4, -0.2) is 47.8 Å². The maximum absolute atomic E-state index is 12.2. The van der Waals surface area contributed by atoms with Crippen LogP contribution in [0.25, 0.3) is 0 Å². The van der Waals surface area contributed by atoms with Crippen LogP contribution < -0.4 is 0 Å². The van der Waals surface area contributed by atoms with Crippen LogP contribution in [-0.2, 0) is 9.47 Å². The summed E-state index contributed by atoms with van der Waals surface area (Å²) in [7, 11) is 1.54. The molecule has 0 aliphatic carbocycles. The van der Waals surface area contributed by atoms with Crippen molar-refractivity contribution in [3.63, 3.8) is 0 Å². The molecule has 0 unspecified atom stereocenters. The number of nitrogens with zero attached hydrogens (tertiary/aromatic N) is 2. The van der Waals surface area contributed by atoms with E-state index in [0.717, 1.165) is 0 Å². The fourth-order valence-corrected chi connectivity index (χ4v) is 2.45. The number of benzene rings is 1. The monoisotopic (exact) mass is 264 g/mol. The fraction of sp³-hybridized carbons (Fsp3) is 0.417. The number of morpholine rings is 1. The lowest BCUT2D eigenvalue weighted by molar-refractivity contribution is -0.384. The Labute approximate surface area is 108 Å². The molecule has 2 aliphatic heterocycles. The molecule has 0 saturated carbocycles. The largest absolute Gasteiger partial charge is 0.354 e. The van der Waals surface area contributed by atoms with Crippen LogP contribution in [0, 0.1) is 10.1 Å². The van der Waals surface area contributed by atoms with Gasteiger partial charge in [-0.3, -0.25) is 14.9 Å². The van der Waals surface area contributed by atoms with Gasteiger partial charge < -0.3 is 14.4 Å². The summed E-state index contributed by atoms with van der Waals surface area (Å²) in [5.41, 5.74) is 0.412. The van der Waals surface area contributed by atoms with E-state index in [1.54, 1.807) is 12.0 Å². The highest BCUT2D eigenvalue weighted by Crippen LogP contribution is 2.40. The molecule has 0 aromatic heterocycles. The number of hydrogen-bond acceptors (Lipinski definition) is 5. The van der Waals surface area contributed by atoms with Gasteiger partial charge in [0.15, 0.2) is 6.29 Å². The molecule has 0 N–H and O–H groups in total. The van der Waals surface area contributed by atoms with Gasteiger partial charge in [-0.15, -0.1) is 0 Å². The Hall–Kier alpha value is -1.99. The predicted molar refractivity (Wildman–Crippen MR) is 63.6 cm³/mol. The van der Waals surface area contributed by atoms with E-state index in [2.05, 4.69) is 0 Å². The van der Waals surface area contributed by atoms with Crippen LogP contribution in [0.3, 0.4) is 0 Å². The number of nitro benzene ring substituents is 1. The molecule has 2 aliphatic rings. The van der Waals surface area contributed by atoms with E-state index in [1.165, 1.54) is 24.3 Å². The molecule has 2 saturated heterocycles. The summed E-state index contributed by atoms with van der Waals surface area (Å²) in [6, 6.07) is 5.63. The average Bonchev–Trinajstić information content (AvgIpc) is 2.99. The second-order valence-electron chi connectivity index (χ2n) is 4.51. The van der Waals surface area contributed by atoms with Gasteiger partial charge in [0.05, 0.1) is 17.6 Å². The summed E-state index contributed by atoms with van der Waals surface area (Å²) in [6.45, 7) is 0.474. The van der Waals surface area contributed by atoms with Crippen molar-refractivity contribution >= 4 is 11.6 Å². The zero-order valence-corrected chi connectivity index (χ0v) is 10.2. The number of fused-ring (bicyclic) bond motifs is 1. The van der Waals surface area contributed by atoms with Crippen LogP contribution >= 0.6 is 0 Å². The summed E-state index contributed by atoms with van der Waals surface area (Å²) in [4.78, 5) is 24.0. The second kappa shape index (κ2) is 4.29. The lowest BCUT2D eigenvalue weighted by Gasteiger charge is -2.14. The molecular formula is C12H12N2O5. The van der Waals surface area contributed by atoms with Gasteiger partial charge in [0.1, 0.15) is 6.04 Å². The molecule has 3 atom stereocenters. The first kappa shape index (κ1) is 12.1. The molecule has 0 bridgehead atoms. The highest BCUT2D eigenvalue weighted by Gasteiger charge is 2.60. The van der Waals surface area contributed by atoms with Crippen LogP contribution in [0.4, 0.5) is 5.69 Å². The number of ether oxygens (including phenoxy) is 2. The zero-order valence-electron chi connectivity index (χ0n) is 10.2. The van der Waals surface area contributed by atoms with E-state index in [4.69, 9.17) is 9.47 Å². The summed E-state index contributed by atoms with van der Waals surface area (Å²) in [5, 5.41) is 10.5. The Morgan fingerprint density at radius 1 is 1.47 bits per heavy atom. The summed E-state index contributed by atoms with van der Waals surface area (Å²) < 4.78 is 10.5. The molecule has 0 spiro atoms. The minimum atomic E-state index is -0.491. The molecule has 19 heavy (non-hydrogen) atoms. The van der Waals surface area contributed by atoms with E-state index in [-0.39, 0.29) is 30.0 Å². The maximum atomic E-state index is 12.2. The van der Waals surface area contributed by atoms with Gasteiger partial charge in [0, 0.05) is 24.8 Å². The summed E-state index contributed by atoms with van der Waals surface area (Å²) in [6.07, 6.45) is -0.369. The van der Waals surface area contributed by atoms with Crippen molar-refractivity contribution in [2.45, 2.75) is 18.4 Å². The van der Waals surface area contributed by atoms with Crippen LogP contribution in [0.2, 0.25) is 0 Å². The van der Waals surface area contributed by atoms with Gasteiger partial charge in [0.25, 0.3) is 11.6 Å². The van der Waals surface area contributed by atoms with Gasteiger partial charge in [-0.05, 0) is 12.1 Å². The van der Waals surface area contributed by atoms with E-state index in [1.807, 2.05) is 0 Å². The number of methoxy groups -OCH3 is 1. The first-order valence-corrected chi connectivity index (χ1v) is 5.85. The van der Waals surface area contributed by atoms with Crippen molar-refractivity contribution in [2.75, 3.05) is 13.7 Å². The van der Waals surface area contributed by atoms with Crippen LogP contribution in [0.15, 0.2) is 24.3 Å². The van der Waals surface area contributed by atoms with Crippen LogP contribution in [0.5, 0.6) is 0 Å². The third-order valence-corrected chi connectivity index (χ3v) is 3.48. The minimum Gasteiger partial charge on any atom is -0.354 e. The molecule has 1 amide bonds. The number of rotatable bonds is 3. The molecular weight excluding hydrogens is 252 g/mol. The molecule has 3 rings (SSSR count). The zero-order chi connectivity index (χ0) is 13.6. The highest BCUT2D eigenvalue weighted by atomic mass is 16.7. The second-order valence-corrected chi connectivity index (χ2v) is 4.51. The molecule has 1 aromatic carbocycles. The molecule has 2 heterocycles. The van der Waals surface area contributed by atoms with Gasteiger partial charge in [-0.2, -0.15) is 0 Å². The number of amides is 1. The van der Waals surface area contributed by atoms with Crippen LogP contribution in [0.1, 0.15) is 10.4 Å². The average molecular weight is 264 g/mol. The van der Waals surface area contributed by atoms with Gasteiger partial charge in [0.2, 0.25) is 0 Å². The third kappa shape index (κ3) is 1.87. The normalized spacial score (nSPS) is 28.1. The standard InChI is InChI=1S/C12H12N2O5/c1-18-12-10-9(6-19-12)13(10)11(15)7-2-4-8(5-3-7)14(16)17/h2-5,9-10,12H,6H2,1H3/t9-,10-,12+,13?/m0/s1. The summed E-state index contributed by atoms with van der Waals surface area (Å²) >= 11 is 0. The SMILES string of the molecule is CO[C@@H]1OC[C@H]2[C@@H]1N2C(=O)c1ccc([N+](=O)[O-])cc1. The first-order chi connectivity index (χ1) is 9.13. The number of carbonyl (C=O) groups excluding carboxylic acids is 1. The van der Waals surface area contributed by atoms with Gasteiger partial charge >= 0.3 is 0 Å². The van der Waals surface area contributed by atoms with E-state index < -0.39 is 4.92 Å². The van der Waals surface area contributed by atoms with Crippen molar-refractivity contribution in [1.29, 1.82) is 0 Å². The lowest BCUT2D eigenvalue weighted by Crippen LogP contribution is -2.27. The first-order valence-electron chi connectivity index (χ1n) is 5.85. The van der Waals surface area contributed by atoms with E-state index in [0.29, 0.717) is 12.2 Å². The Bertz CT molecular complexity index is 529. The van der Waals surface area contributed by atoms with Crippen molar-refractivity contribution in [2.24, 2.45) is 0 Å². The lowest BCUT2D eigenvalue weighted by atomic mass is 10.2. The van der Waals surface area contributed by atoms with Crippen molar-refractivity contribution in [3.05, 3.63) is 39.9 Å². The molecule has 1 aromatic rings. The Morgan fingerprint density at radius 2 is 2.16 bits per heavy atom. The quantitative estimate of drug-likeness (QED) is 0.458. The number of non-ortho nitro benzene ring substituents is 1. The Morgan fingerprint density at radius 3 is 2.74 bits per heavy atom. The minimum absolute atomic E-state index is 0.0272. The van der Waals surface area contributed by atoms with Gasteiger partial charge in [-0.25, -0.2) is 0 Å². The Balaban J connectivity index is 1.74. The Kier molecular flexibility index (Phi) is 2.72. The number of nitro groups is 1.